The fourth-order valence-corrected chi connectivity index (χ4v) is 1.57. The van der Waals surface area contributed by atoms with Gasteiger partial charge in [-0.1, -0.05) is 0 Å². The Labute approximate surface area is 87.7 Å². The molecule has 0 fully saturated rings. The fourth-order valence-electron chi connectivity index (χ4n) is 1.57. The average molecular weight is 206 g/mol. The van der Waals surface area contributed by atoms with E-state index in [1.54, 1.807) is 4.68 Å². The number of nitrogens with zero attached hydrogens (tertiary/aromatic N) is 3. The normalized spacial score (nSPS) is 10.9. The Morgan fingerprint density at radius 3 is 2.80 bits per heavy atom. The molecule has 0 radical (unpaired) electrons. The lowest BCUT2D eigenvalue weighted by Crippen LogP contribution is -2.06. The Morgan fingerprint density at radius 2 is 2.20 bits per heavy atom. The highest BCUT2D eigenvalue weighted by atomic mass is 16.3. The van der Waals surface area contributed by atoms with E-state index in [9.17, 15) is 0 Å². The average Bonchev–Trinajstić information content (AvgIpc) is 2.73. The van der Waals surface area contributed by atoms with E-state index in [0.29, 0.717) is 6.54 Å². The van der Waals surface area contributed by atoms with E-state index in [1.165, 1.54) is 0 Å². The second kappa shape index (κ2) is 3.86. The van der Waals surface area contributed by atoms with E-state index in [0.717, 1.165) is 22.8 Å². The lowest BCUT2D eigenvalue weighted by molar-refractivity contribution is 0.269. The van der Waals surface area contributed by atoms with Gasteiger partial charge in [-0.25, -0.2) is 0 Å². The molecule has 5 nitrogen and oxygen atoms in total. The Kier molecular flexibility index (Phi) is 2.55. The summed E-state index contributed by atoms with van der Waals surface area (Å²) >= 11 is 0. The standard InChI is InChI=1S/C10H14N4O/c1-7-3-9(12-11-7)5-14-10(6-15)4-8(2)13-14/h3-4,15H,5-6H2,1-2H3,(H,11,12). The van der Waals surface area contributed by atoms with Gasteiger partial charge in [-0.05, 0) is 26.0 Å². The molecular formula is C10H14N4O. The van der Waals surface area contributed by atoms with E-state index in [1.807, 2.05) is 26.0 Å². The monoisotopic (exact) mass is 206 g/mol. The van der Waals surface area contributed by atoms with Crippen LogP contribution in [0.25, 0.3) is 0 Å². The minimum atomic E-state index is 0.00421. The molecule has 0 spiro atoms. The molecule has 80 valence electrons. The van der Waals surface area contributed by atoms with Gasteiger partial charge >= 0.3 is 0 Å². The molecule has 0 aliphatic carbocycles. The second-order valence-corrected chi connectivity index (χ2v) is 3.64. The van der Waals surface area contributed by atoms with Crippen molar-refractivity contribution in [3.63, 3.8) is 0 Å². The van der Waals surface area contributed by atoms with Crippen LogP contribution in [0, 0.1) is 13.8 Å². The third-order valence-corrected chi connectivity index (χ3v) is 2.22. The maximum absolute atomic E-state index is 9.13. The third-order valence-electron chi connectivity index (χ3n) is 2.22. The number of hydrogen-bond acceptors (Lipinski definition) is 3. The molecule has 2 N–H and O–H groups in total. The van der Waals surface area contributed by atoms with Crippen LogP contribution in [-0.2, 0) is 13.2 Å². The molecular weight excluding hydrogens is 192 g/mol. The molecule has 0 aliphatic heterocycles. The van der Waals surface area contributed by atoms with Crippen LogP contribution in [0.15, 0.2) is 12.1 Å². The molecule has 0 atom stereocenters. The number of aliphatic hydroxyl groups excluding tert-OH is 1. The molecule has 5 heteroatoms. The van der Waals surface area contributed by atoms with Crippen LogP contribution in [0.2, 0.25) is 0 Å². The Hall–Kier alpha value is -1.62. The highest BCUT2D eigenvalue weighted by Gasteiger charge is 2.06. The van der Waals surface area contributed by atoms with Gasteiger partial charge < -0.3 is 5.11 Å². The first kappa shape index (κ1) is 9.92. The van der Waals surface area contributed by atoms with Crippen LogP contribution >= 0.6 is 0 Å². The van der Waals surface area contributed by atoms with Gasteiger partial charge in [-0.15, -0.1) is 0 Å². The van der Waals surface area contributed by atoms with Crippen molar-refractivity contribution in [3.8, 4) is 0 Å². The Bertz CT molecular complexity index is 458. The molecule has 0 saturated carbocycles. The number of rotatable bonds is 3. The number of H-pyrrole nitrogens is 1. The summed E-state index contributed by atoms with van der Waals surface area (Å²) in [6.45, 7) is 4.46. The van der Waals surface area contributed by atoms with Gasteiger partial charge in [0.05, 0.1) is 30.2 Å². The summed E-state index contributed by atoms with van der Waals surface area (Å²) in [4.78, 5) is 0. The molecule has 0 bridgehead atoms. The molecule has 2 rings (SSSR count). The molecule has 0 saturated heterocycles. The zero-order valence-corrected chi connectivity index (χ0v) is 8.86. The lowest BCUT2D eigenvalue weighted by Gasteiger charge is -2.01. The van der Waals surface area contributed by atoms with Gasteiger partial charge in [0, 0.05) is 5.69 Å². The summed E-state index contributed by atoms with van der Waals surface area (Å²) in [6, 6.07) is 3.84. The third kappa shape index (κ3) is 2.07. The number of aryl methyl sites for hydroxylation is 2. The van der Waals surface area contributed by atoms with Gasteiger partial charge in [-0.3, -0.25) is 9.78 Å². The minimum Gasteiger partial charge on any atom is -0.390 e. The Morgan fingerprint density at radius 1 is 1.40 bits per heavy atom. The van der Waals surface area contributed by atoms with E-state index < -0.39 is 0 Å². The van der Waals surface area contributed by atoms with Crippen LogP contribution in [-0.4, -0.2) is 25.1 Å². The minimum absolute atomic E-state index is 0.00421. The SMILES string of the molecule is Cc1cc(CO)n(Cc2cc(C)[nH]n2)n1. The fraction of sp³-hybridized carbons (Fsp3) is 0.400. The Balaban J connectivity index is 2.23. The van der Waals surface area contributed by atoms with Crippen LogP contribution < -0.4 is 0 Å². The zero-order chi connectivity index (χ0) is 10.8. The molecule has 0 unspecified atom stereocenters. The number of nitrogens with one attached hydrogen (secondary N) is 1. The number of aliphatic hydroxyl groups is 1. The van der Waals surface area contributed by atoms with Crippen LogP contribution in [0.5, 0.6) is 0 Å². The second-order valence-electron chi connectivity index (χ2n) is 3.64. The maximum atomic E-state index is 9.13. The summed E-state index contributed by atoms with van der Waals surface area (Å²) in [6.07, 6.45) is 0. The van der Waals surface area contributed by atoms with E-state index >= 15 is 0 Å². The predicted octanol–water partition coefficient (Wildman–Crippen LogP) is 0.764. The molecule has 0 amide bonds. The maximum Gasteiger partial charge on any atom is 0.0854 e. The van der Waals surface area contributed by atoms with E-state index in [4.69, 9.17) is 5.11 Å². The van der Waals surface area contributed by atoms with Crippen molar-refractivity contribution in [2.75, 3.05) is 0 Å². The van der Waals surface area contributed by atoms with Gasteiger partial charge in [0.1, 0.15) is 0 Å². The summed E-state index contributed by atoms with van der Waals surface area (Å²) in [5, 5.41) is 20.4. The summed E-state index contributed by atoms with van der Waals surface area (Å²) in [5.41, 5.74) is 3.67. The zero-order valence-electron chi connectivity index (χ0n) is 8.86. The van der Waals surface area contributed by atoms with Crippen molar-refractivity contribution in [1.82, 2.24) is 20.0 Å². The lowest BCUT2D eigenvalue weighted by atomic mass is 10.3. The van der Waals surface area contributed by atoms with Crippen molar-refractivity contribution in [1.29, 1.82) is 0 Å². The van der Waals surface area contributed by atoms with Crippen molar-refractivity contribution >= 4 is 0 Å². The van der Waals surface area contributed by atoms with Crippen molar-refractivity contribution in [3.05, 3.63) is 34.9 Å². The molecule has 2 aromatic heterocycles. The largest absolute Gasteiger partial charge is 0.390 e. The first-order valence-electron chi connectivity index (χ1n) is 4.84. The van der Waals surface area contributed by atoms with Crippen molar-refractivity contribution < 1.29 is 5.11 Å². The first-order chi connectivity index (χ1) is 7.19. The molecule has 2 aromatic rings. The first-order valence-corrected chi connectivity index (χ1v) is 4.84. The van der Waals surface area contributed by atoms with E-state index in [2.05, 4.69) is 15.3 Å². The van der Waals surface area contributed by atoms with Crippen molar-refractivity contribution in [2.24, 2.45) is 0 Å². The molecule has 15 heavy (non-hydrogen) atoms. The smallest absolute Gasteiger partial charge is 0.0854 e. The number of aromatic nitrogens is 4. The summed E-state index contributed by atoms with van der Waals surface area (Å²) < 4.78 is 1.77. The topological polar surface area (TPSA) is 66.7 Å². The van der Waals surface area contributed by atoms with Crippen molar-refractivity contribution in [2.45, 2.75) is 27.0 Å². The van der Waals surface area contributed by atoms with Gasteiger partial charge in [0.15, 0.2) is 0 Å². The quantitative estimate of drug-likeness (QED) is 0.779. The predicted molar refractivity (Wildman–Crippen MR) is 55.3 cm³/mol. The van der Waals surface area contributed by atoms with Crippen LogP contribution in [0.1, 0.15) is 22.8 Å². The molecule has 0 aromatic carbocycles. The van der Waals surface area contributed by atoms with E-state index in [-0.39, 0.29) is 6.61 Å². The molecule has 0 aliphatic rings. The number of aromatic amines is 1. The summed E-state index contributed by atoms with van der Waals surface area (Å²) in [7, 11) is 0. The highest BCUT2D eigenvalue weighted by Crippen LogP contribution is 2.07. The summed E-state index contributed by atoms with van der Waals surface area (Å²) in [5.74, 6) is 0. The van der Waals surface area contributed by atoms with Crippen LogP contribution in [0.4, 0.5) is 0 Å². The molecule has 2 heterocycles. The van der Waals surface area contributed by atoms with Gasteiger partial charge in [-0.2, -0.15) is 10.2 Å². The van der Waals surface area contributed by atoms with Gasteiger partial charge in [0.25, 0.3) is 0 Å². The number of hydrogen-bond donors (Lipinski definition) is 2. The van der Waals surface area contributed by atoms with Crippen LogP contribution in [0.3, 0.4) is 0 Å². The highest BCUT2D eigenvalue weighted by molar-refractivity contribution is 5.12. The van der Waals surface area contributed by atoms with Gasteiger partial charge in [0.2, 0.25) is 0 Å².